The van der Waals surface area contributed by atoms with Crippen LogP contribution in [0, 0.1) is 0 Å². The number of ether oxygens (including phenoxy) is 2. The van der Waals surface area contributed by atoms with Gasteiger partial charge in [0.1, 0.15) is 11.5 Å². The molecule has 190 valence electrons. The largest absolute Gasteiger partial charge is 0.493 e. The third kappa shape index (κ3) is 6.54. The highest BCUT2D eigenvalue weighted by Crippen LogP contribution is 2.27. The third-order valence-electron chi connectivity index (χ3n) is 5.39. The first-order valence-electron chi connectivity index (χ1n) is 11.1. The highest BCUT2D eigenvalue weighted by atomic mass is 32.2. The summed E-state index contributed by atoms with van der Waals surface area (Å²) in [5.74, 6) is 0.132. The zero-order valence-electron chi connectivity index (χ0n) is 20.4. The summed E-state index contributed by atoms with van der Waals surface area (Å²) in [6, 6.07) is 13.8. The Morgan fingerprint density at radius 2 is 1.72 bits per heavy atom. The normalized spacial score (nSPS) is 12.5. The van der Waals surface area contributed by atoms with Gasteiger partial charge in [-0.3, -0.25) is 9.59 Å². The van der Waals surface area contributed by atoms with Crippen LogP contribution < -0.4 is 20.1 Å². The molecule has 0 spiro atoms. The van der Waals surface area contributed by atoms with E-state index in [4.69, 9.17) is 13.9 Å². The number of nitrogens with one attached hydrogen (secondary N) is 2. The molecule has 0 aliphatic carbocycles. The second-order valence-corrected chi connectivity index (χ2v) is 9.89. The topological polar surface area (TPSA) is 124 Å². The Balaban J connectivity index is 1.85. The van der Waals surface area contributed by atoms with Crippen LogP contribution in [0.2, 0.25) is 0 Å². The molecule has 9 nitrogen and oxygen atoms in total. The number of carbonyl (C=O) groups is 2. The highest BCUT2D eigenvalue weighted by molar-refractivity contribution is 7.90. The molecule has 0 unspecified atom stereocenters. The fourth-order valence-electron chi connectivity index (χ4n) is 3.45. The second kappa shape index (κ2) is 11.6. The number of methoxy groups -OCH3 is 2. The molecule has 0 saturated heterocycles. The van der Waals surface area contributed by atoms with Gasteiger partial charge in [0.2, 0.25) is 0 Å². The number of benzene rings is 2. The van der Waals surface area contributed by atoms with E-state index in [0.717, 1.165) is 11.8 Å². The Labute approximate surface area is 210 Å². The van der Waals surface area contributed by atoms with E-state index in [0.29, 0.717) is 23.7 Å². The number of furan rings is 1. The van der Waals surface area contributed by atoms with Crippen LogP contribution in [0.25, 0.3) is 6.08 Å². The van der Waals surface area contributed by atoms with Crippen LogP contribution in [-0.4, -0.2) is 40.7 Å². The van der Waals surface area contributed by atoms with Crippen LogP contribution in [0.3, 0.4) is 0 Å². The maximum absolute atomic E-state index is 13.3. The first kappa shape index (κ1) is 26.6. The minimum absolute atomic E-state index is 0.0315. The molecule has 1 aromatic heterocycles. The van der Waals surface area contributed by atoms with Gasteiger partial charge in [-0.05, 0) is 54.4 Å². The molecule has 0 aliphatic heterocycles. The summed E-state index contributed by atoms with van der Waals surface area (Å²) in [7, 11) is -0.386. The molecule has 36 heavy (non-hydrogen) atoms. The average Bonchev–Trinajstić information content (AvgIpc) is 3.39. The molecule has 3 aromatic rings. The van der Waals surface area contributed by atoms with Crippen molar-refractivity contribution in [2.75, 3.05) is 20.5 Å². The van der Waals surface area contributed by atoms with Crippen molar-refractivity contribution in [3.63, 3.8) is 0 Å². The van der Waals surface area contributed by atoms with E-state index in [2.05, 4.69) is 10.6 Å². The maximum Gasteiger partial charge on any atom is 0.268 e. The SMILES string of the molecule is CC[C@@H](NC(=O)/C(=C/c1ccco1)NC(=O)c1ccc(OC)c(OC)c1)c1ccc(S(C)(=O)=O)cc1. The molecule has 1 atom stereocenters. The minimum Gasteiger partial charge on any atom is -0.493 e. The van der Waals surface area contributed by atoms with E-state index in [1.165, 1.54) is 44.8 Å². The standard InChI is InChI=1S/C26H28N2O7S/c1-5-21(17-8-11-20(12-9-17)36(4,31)32)27-26(30)22(16-19-7-6-14-35-19)28-25(29)18-10-13-23(33-2)24(15-18)34-3/h6-16,21H,5H2,1-4H3,(H,27,30)(H,28,29)/b22-16-/t21-/m1/s1. The number of sulfone groups is 1. The molecule has 0 saturated carbocycles. The highest BCUT2D eigenvalue weighted by Gasteiger charge is 2.20. The van der Waals surface area contributed by atoms with Crippen molar-refractivity contribution in [1.29, 1.82) is 0 Å². The molecular formula is C26H28N2O7S. The maximum atomic E-state index is 13.3. The zero-order chi connectivity index (χ0) is 26.3. The van der Waals surface area contributed by atoms with E-state index in [-0.39, 0.29) is 16.2 Å². The third-order valence-corrected chi connectivity index (χ3v) is 6.52. The predicted molar refractivity (Wildman–Crippen MR) is 134 cm³/mol. The summed E-state index contributed by atoms with van der Waals surface area (Å²) >= 11 is 0. The fourth-order valence-corrected chi connectivity index (χ4v) is 4.08. The van der Waals surface area contributed by atoms with Crippen LogP contribution >= 0.6 is 0 Å². The smallest absolute Gasteiger partial charge is 0.268 e. The Morgan fingerprint density at radius 3 is 2.28 bits per heavy atom. The number of hydrogen-bond donors (Lipinski definition) is 2. The van der Waals surface area contributed by atoms with Gasteiger partial charge in [0.05, 0.1) is 31.4 Å². The molecule has 3 rings (SSSR count). The van der Waals surface area contributed by atoms with E-state index in [1.807, 2.05) is 6.92 Å². The summed E-state index contributed by atoms with van der Waals surface area (Å²) in [5.41, 5.74) is 0.951. The first-order valence-corrected chi connectivity index (χ1v) is 12.9. The molecule has 0 fully saturated rings. The summed E-state index contributed by atoms with van der Waals surface area (Å²) in [5, 5.41) is 5.54. The van der Waals surface area contributed by atoms with Crippen molar-refractivity contribution in [3.05, 3.63) is 83.4 Å². The summed E-state index contributed by atoms with van der Waals surface area (Å²) in [4.78, 5) is 26.4. The first-order chi connectivity index (χ1) is 17.2. The monoisotopic (exact) mass is 512 g/mol. The zero-order valence-corrected chi connectivity index (χ0v) is 21.2. The fraction of sp³-hybridized carbons (Fsp3) is 0.231. The molecule has 0 radical (unpaired) electrons. The summed E-state index contributed by atoms with van der Waals surface area (Å²) in [6.45, 7) is 1.88. The number of carbonyl (C=O) groups excluding carboxylic acids is 2. The van der Waals surface area contributed by atoms with Crippen molar-refractivity contribution >= 4 is 27.7 Å². The van der Waals surface area contributed by atoms with Crippen molar-refractivity contribution in [1.82, 2.24) is 10.6 Å². The lowest BCUT2D eigenvalue weighted by Crippen LogP contribution is -2.36. The Hall–Kier alpha value is -4.05. The average molecular weight is 513 g/mol. The summed E-state index contributed by atoms with van der Waals surface area (Å²) in [6.07, 6.45) is 4.54. The van der Waals surface area contributed by atoms with E-state index in [9.17, 15) is 18.0 Å². The van der Waals surface area contributed by atoms with Crippen LogP contribution in [0.4, 0.5) is 0 Å². The van der Waals surface area contributed by atoms with Crippen LogP contribution in [0.1, 0.15) is 41.1 Å². The second-order valence-electron chi connectivity index (χ2n) is 7.87. The molecular weight excluding hydrogens is 484 g/mol. The van der Waals surface area contributed by atoms with Gasteiger partial charge in [0, 0.05) is 17.9 Å². The molecule has 2 N–H and O–H groups in total. The number of hydrogen-bond acceptors (Lipinski definition) is 7. The number of rotatable bonds is 10. The van der Waals surface area contributed by atoms with E-state index < -0.39 is 27.7 Å². The Kier molecular flexibility index (Phi) is 8.55. The molecule has 2 amide bonds. The molecule has 1 heterocycles. The van der Waals surface area contributed by atoms with Gasteiger partial charge in [-0.2, -0.15) is 0 Å². The molecule has 0 aliphatic rings. The van der Waals surface area contributed by atoms with Gasteiger partial charge in [-0.25, -0.2) is 8.42 Å². The predicted octanol–water partition coefficient (Wildman–Crippen LogP) is 3.74. The van der Waals surface area contributed by atoms with Gasteiger partial charge in [0.25, 0.3) is 11.8 Å². The Bertz CT molecular complexity index is 1350. The van der Waals surface area contributed by atoms with Gasteiger partial charge in [-0.15, -0.1) is 0 Å². The lowest BCUT2D eigenvalue weighted by Gasteiger charge is -2.19. The number of amides is 2. The van der Waals surface area contributed by atoms with Gasteiger partial charge < -0.3 is 24.5 Å². The van der Waals surface area contributed by atoms with Crippen LogP contribution in [-0.2, 0) is 14.6 Å². The van der Waals surface area contributed by atoms with Crippen molar-refractivity contribution in [2.24, 2.45) is 0 Å². The van der Waals surface area contributed by atoms with Gasteiger partial charge in [-0.1, -0.05) is 19.1 Å². The lowest BCUT2D eigenvalue weighted by atomic mass is 10.0. The molecule has 0 bridgehead atoms. The minimum atomic E-state index is -3.34. The van der Waals surface area contributed by atoms with Crippen LogP contribution in [0.15, 0.2) is 75.9 Å². The van der Waals surface area contributed by atoms with Crippen molar-refractivity contribution in [2.45, 2.75) is 24.3 Å². The van der Waals surface area contributed by atoms with Crippen molar-refractivity contribution in [3.8, 4) is 11.5 Å². The van der Waals surface area contributed by atoms with E-state index in [1.54, 1.807) is 36.4 Å². The van der Waals surface area contributed by atoms with Gasteiger partial charge in [0.15, 0.2) is 21.3 Å². The molecule has 10 heteroatoms. The summed E-state index contributed by atoms with van der Waals surface area (Å²) < 4.78 is 39.3. The van der Waals surface area contributed by atoms with Crippen LogP contribution in [0.5, 0.6) is 11.5 Å². The Morgan fingerprint density at radius 1 is 1.03 bits per heavy atom. The van der Waals surface area contributed by atoms with Gasteiger partial charge >= 0.3 is 0 Å². The lowest BCUT2D eigenvalue weighted by molar-refractivity contribution is -0.118. The van der Waals surface area contributed by atoms with E-state index >= 15 is 0 Å². The molecule has 2 aromatic carbocycles. The van der Waals surface area contributed by atoms with Crippen molar-refractivity contribution < 1.29 is 31.9 Å². The quantitative estimate of drug-likeness (QED) is 0.397.